The first-order valence-electron chi connectivity index (χ1n) is 6.95. The zero-order valence-corrected chi connectivity index (χ0v) is 11.4. The van der Waals surface area contributed by atoms with Crippen molar-refractivity contribution in [1.29, 1.82) is 0 Å². The molecule has 1 aromatic rings. The molecule has 1 fully saturated rings. The van der Waals surface area contributed by atoms with Gasteiger partial charge in [-0.1, -0.05) is 43.2 Å². The van der Waals surface area contributed by atoms with Crippen LogP contribution in [0.25, 0.3) is 0 Å². The second kappa shape index (κ2) is 7.14. The predicted octanol–water partition coefficient (Wildman–Crippen LogP) is 3.52. The standard InChI is InChI=1S/C15H21NO3/c1-2-18-15(17)19-16(14-10-6-7-11-14)12-13-8-4-3-5-9-13/h3-5,8-9,14H,2,6-7,10-12H2,1H3. The highest BCUT2D eigenvalue weighted by atomic mass is 16.8. The van der Waals surface area contributed by atoms with E-state index in [4.69, 9.17) is 9.57 Å². The number of hydroxylamine groups is 2. The van der Waals surface area contributed by atoms with Gasteiger partial charge in [0.15, 0.2) is 0 Å². The van der Waals surface area contributed by atoms with E-state index in [1.165, 1.54) is 12.8 Å². The molecule has 0 spiro atoms. The van der Waals surface area contributed by atoms with Crippen molar-refractivity contribution in [2.45, 2.75) is 45.2 Å². The fourth-order valence-corrected chi connectivity index (χ4v) is 2.43. The fraction of sp³-hybridized carbons (Fsp3) is 0.533. The molecular weight excluding hydrogens is 242 g/mol. The van der Waals surface area contributed by atoms with E-state index in [9.17, 15) is 4.79 Å². The Morgan fingerprint density at radius 3 is 2.58 bits per heavy atom. The molecule has 4 nitrogen and oxygen atoms in total. The summed E-state index contributed by atoms with van der Waals surface area (Å²) in [7, 11) is 0. The summed E-state index contributed by atoms with van der Waals surface area (Å²) >= 11 is 0. The highest BCUT2D eigenvalue weighted by Crippen LogP contribution is 2.25. The second-order valence-corrected chi connectivity index (χ2v) is 4.77. The molecule has 19 heavy (non-hydrogen) atoms. The van der Waals surface area contributed by atoms with Crippen molar-refractivity contribution in [3.05, 3.63) is 35.9 Å². The molecule has 0 bridgehead atoms. The van der Waals surface area contributed by atoms with Gasteiger partial charge in [-0.25, -0.2) is 4.79 Å². The lowest BCUT2D eigenvalue weighted by Crippen LogP contribution is -2.35. The lowest BCUT2D eigenvalue weighted by atomic mass is 10.2. The summed E-state index contributed by atoms with van der Waals surface area (Å²) in [5, 5.41) is 1.78. The van der Waals surface area contributed by atoms with Gasteiger partial charge in [0.05, 0.1) is 13.2 Å². The van der Waals surface area contributed by atoms with Crippen molar-refractivity contribution in [2.75, 3.05) is 6.61 Å². The molecule has 1 aromatic carbocycles. The SMILES string of the molecule is CCOC(=O)ON(Cc1ccccc1)C1CCCC1. The van der Waals surface area contributed by atoms with Gasteiger partial charge < -0.3 is 9.57 Å². The van der Waals surface area contributed by atoms with Crippen molar-refractivity contribution >= 4 is 6.16 Å². The molecule has 0 amide bonds. The van der Waals surface area contributed by atoms with E-state index < -0.39 is 6.16 Å². The van der Waals surface area contributed by atoms with Crippen LogP contribution in [0.15, 0.2) is 30.3 Å². The Bertz CT molecular complexity index is 388. The van der Waals surface area contributed by atoms with Crippen molar-refractivity contribution in [1.82, 2.24) is 5.06 Å². The maximum Gasteiger partial charge on any atom is 0.527 e. The number of nitrogens with zero attached hydrogens (tertiary/aromatic N) is 1. The van der Waals surface area contributed by atoms with E-state index in [-0.39, 0.29) is 0 Å². The summed E-state index contributed by atoms with van der Waals surface area (Å²) in [6, 6.07) is 10.4. The first-order valence-corrected chi connectivity index (χ1v) is 6.95. The third-order valence-electron chi connectivity index (χ3n) is 3.37. The number of hydrogen-bond acceptors (Lipinski definition) is 4. The van der Waals surface area contributed by atoms with Crippen molar-refractivity contribution in [3.8, 4) is 0 Å². The first-order chi connectivity index (χ1) is 9.29. The number of rotatable bonds is 5. The number of benzene rings is 1. The third-order valence-corrected chi connectivity index (χ3v) is 3.37. The lowest BCUT2D eigenvalue weighted by Gasteiger charge is -2.26. The highest BCUT2D eigenvalue weighted by Gasteiger charge is 2.26. The molecule has 0 atom stereocenters. The molecule has 0 radical (unpaired) electrons. The smallest absolute Gasteiger partial charge is 0.433 e. The molecule has 1 aliphatic carbocycles. The van der Waals surface area contributed by atoms with Gasteiger partial charge in [-0.05, 0) is 25.3 Å². The van der Waals surface area contributed by atoms with Gasteiger partial charge in [0, 0.05) is 6.04 Å². The summed E-state index contributed by atoms with van der Waals surface area (Å²) in [5.74, 6) is 0. The van der Waals surface area contributed by atoms with Crippen LogP contribution in [0, 0.1) is 0 Å². The highest BCUT2D eigenvalue weighted by molar-refractivity contribution is 5.59. The molecule has 0 aromatic heterocycles. The molecule has 0 unspecified atom stereocenters. The Morgan fingerprint density at radius 1 is 1.26 bits per heavy atom. The van der Waals surface area contributed by atoms with Crippen LogP contribution >= 0.6 is 0 Å². The molecule has 1 saturated carbocycles. The van der Waals surface area contributed by atoms with Gasteiger partial charge in [-0.2, -0.15) is 0 Å². The first kappa shape index (κ1) is 13.9. The number of ether oxygens (including phenoxy) is 1. The quantitative estimate of drug-likeness (QED) is 0.602. The average Bonchev–Trinajstić information content (AvgIpc) is 2.93. The minimum atomic E-state index is -0.606. The van der Waals surface area contributed by atoms with Crippen LogP contribution in [-0.2, 0) is 16.1 Å². The summed E-state index contributed by atoms with van der Waals surface area (Å²) in [4.78, 5) is 16.9. The van der Waals surface area contributed by atoms with E-state index >= 15 is 0 Å². The molecular formula is C15H21NO3. The molecule has 0 N–H and O–H groups in total. The van der Waals surface area contributed by atoms with Crippen LogP contribution in [0.2, 0.25) is 0 Å². The van der Waals surface area contributed by atoms with Gasteiger partial charge in [0.2, 0.25) is 0 Å². The Kier molecular flexibility index (Phi) is 5.21. The number of hydrogen-bond donors (Lipinski definition) is 0. The average molecular weight is 263 g/mol. The number of carbonyl (C=O) groups is 1. The third kappa shape index (κ3) is 4.24. The summed E-state index contributed by atoms with van der Waals surface area (Å²) in [5.41, 5.74) is 1.14. The van der Waals surface area contributed by atoms with Gasteiger partial charge in [-0.3, -0.25) is 0 Å². The summed E-state index contributed by atoms with van der Waals surface area (Å²) in [6.07, 6.45) is 3.94. The zero-order chi connectivity index (χ0) is 13.5. The Labute approximate surface area is 114 Å². The topological polar surface area (TPSA) is 38.8 Å². The molecule has 0 saturated heterocycles. The molecule has 1 aliphatic rings. The van der Waals surface area contributed by atoms with Crippen LogP contribution < -0.4 is 0 Å². The van der Waals surface area contributed by atoms with Gasteiger partial charge in [0.25, 0.3) is 0 Å². The van der Waals surface area contributed by atoms with Crippen LogP contribution in [0.5, 0.6) is 0 Å². The van der Waals surface area contributed by atoms with Crippen LogP contribution in [0.4, 0.5) is 4.79 Å². The number of carbonyl (C=O) groups excluding carboxylic acids is 1. The predicted molar refractivity (Wildman–Crippen MR) is 72.3 cm³/mol. The van der Waals surface area contributed by atoms with Crippen LogP contribution in [0.3, 0.4) is 0 Å². The normalized spacial score (nSPS) is 15.7. The van der Waals surface area contributed by atoms with Crippen LogP contribution in [0.1, 0.15) is 38.2 Å². The van der Waals surface area contributed by atoms with E-state index in [1.54, 1.807) is 12.0 Å². The van der Waals surface area contributed by atoms with Crippen LogP contribution in [-0.4, -0.2) is 23.9 Å². The van der Waals surface area contributed by atoms with Crippen molar-refractivity contribution in [2.24, 2.45) is 0 Å². The van der Waals surface area contributed by atoms with Crippen molar-refractivity contribution in [3.63, 3.8) is 0 Å². The monoisotopic (exact) mass is 263 g/mol. The van der Waals surface area contributed by atoms with E-state index in [0.717, 1.165) is 18.4 Å². The lowest BCUT2D eigenvalue weighted by molar-refractivity contribution is -0.159. The van der Waals surface area contributed by atoms with Gasteiger partial charge in [0.1, 0.15) is 0 Å². The fourth-order valence-electron chi connectivity index (χ4n) is 2.43. The van der Waals surface area contributed by atoms with Gasteiger partial charge >= 0.3 is 6.16 Å². The maximum absolute atomic E-state index is 11.5. The summed E-state index contributed by atoms with van der Waals surface area (Å²) in [6.45, 7) is 2.73. The minimum Gasteiger partial charge on any atom is -0.433 e. The Hall–Kier alpha value is -1.55. The van der Waals surface area contributed by atoms with Gasteiger partial charge in [-0.15, -0.1) is 5.06 Å². The van der Waals surface area contributed by atoms with E-state index in [1.807, 2.05) is 30.3 Å². The Morgan fingerprint density at radius 2 is 1.95 bits per heavy atom. The molecule has 0 aliphatic heterocycles. The van der Waals surface area contributed by atoms with Crippen molar-refractivity contribution < 1.29 is 14.4 Å². The second-order valence-electron chi connectivity index (χ2n) is 4.77. The summed E-state index contributed by atoms with van der Waals surface area (Å²) < 4.78 is 4.87. The van der Waals surface area contributed by atoms with E-state index in [0.29, 0.717) is 19.2 Å². The minimum absolute atomic E-state index is 0.310. The largest absolute Gasteiger partial charge is 0.527 e. The Balaban J connectivity index is 1.99. The molecule has 4 heteroatoms. The molecule has 0 heterocycles. The van der Waals surface area contributed by atoms with E-state index in [2.05, 4.69) is 0 Å². The molecule has 104 valence electrons. The molecule has 2 rings (SSSR count). The zero-order valence-electron chi connectivity index (χ0n) is 11.4. The maximum atomic E-state index is 11.5.